The van der Waals surface area contributed by atoms with E-state index in [2.05, 4.69) is 10.4 Å². The molecule has 1 aromatic carbocycles. The molecule has 1 aliphatic rings. The third-order valence-electron chi connectivity index (χ3n) is 3.13. The van der Waals surface area contributed by atoms with Gasteiger partial charge in [0.05, 0.1) is 6.20 Å². The summed E-state index contributed by atoms with van der Waals surface area (Å²) in [4.78, 5) is 0. The van der Waals surface area contributed by atoms with Gasteiger partial charge in [0, 0.05) is 42.9 Å². The SMILES string of the molecule is Fc1ccccc1-c1cnn(CC2CNC2)c1. The molecule has 1 N–H and O–H groups in total. The minimum atomic E-state index is -0.197. The summed E-state index contributed by atoms with van der Waals surface area (Å²) in [5, 5.41) is 7.51. The van der Waals surface area contributed by atoms with Crippen LogP contribution < -0.4 is 5.32 Å². The van der Waals surface area contributed by atoms with E-state index >= 15 is 0 Å². The van der Waals surface area contributed by atoms with Crippen molar-refractivity contribution in [3.63, 3.8) is 0 Å². The molecule has 1 fully saturated rings. The number of aromatic nitrogens is 2. The maximum Gasteiger partial charge on any atom is 0.131 e. The second kappa shape index (κ2) is 4.30. The monoisotopic (exact) mass is 231 g/mol. The van der Waals surface area contributed by atoms with Crippen molar-refractivity contribution in [3.05, 3.63) is 42.5 Å². The summed E-state index contributed by atoms with van der Waals surface area (Å²) in [5.74, 6) is 0.459. The summed E-state index contributed by atoms with van der Waals surface area (Å²) in [6, 6.07) is 6.79. The second-order valence-electron chi connectivity index (χ2n) is 4.46. The van der Waals surface area contributed by atoms with Gasteiger partial charge in [0.15, 0.2) is 0 Å². The average molecular weight is 231 g/mol. The molecule has 0 aliphatic carbocycles. The van der Waals surface area contributed by atoms with Crippen LogP contribution in [-0.2, 0) is 6.54 Å². The number of halogens is 1. The molecule has 0 amide bonds. The molecule has 0 unspecified atom stereocenters. The number of hydrogen-bond acceptors (Lipinski definition) is 2. The lowest BCUT2D eigenvalue weighted by Crippen LogP contribution is -2.44. The van der Waals surface area contributed by atoms with Crippen LogP contribution in [0.15, 0.2) is 36.7 Å². The van der Waals surface area contributed by atoms with Gasteiger partial charge in [-0.2, -0.15) is 5.10 Å². The highest BCUT2D eigenvalue weighted by Crippen LogP contribution is 2.22. The predicted octanol–water partition coefficient (Wildman–Crippen LogP) is 1.91. The van der Waals surface area contributed by atoms with Gasteiger partial charge in [-0.15, -0.1) is 0 Å². The molecule has 0 atom stereocenters. The normalized spacial score (nSPS) is 15.8. The first kappa shape index (κ1) is 10.5. The summed E-state index contributed by atoms with van der Waals surface area (Å²) < 4.78 is 15.5. The molecule has 1 aromatic heterocycles. The zero-order valence-electron chi connectivity index (χ0n) is 9.44. The molecule has 2 aromatic rings. The maximum atomic E-state index is 13.6. The summed E-state index contributed by atoms with van der Waals surface area (Å²) in [7, 11) is 0. The van der Waals surface area contributed by atoms with Crippen molar-refractivity contribution in [1.82, 2.24) is 15.1 Å². The van der Waals surface area contributed by atoms with Gasteiger partial charge in [0.25, 0.3) is 0 Å². The number of nitrogens with one attached hydrogen (secondary N) is 1. The van der Waals surface area contributed by atoms with E-state index in [1.54, 1.807) is 18.3 Å². The van der Waals surface area contributed by atoms with Crippen molar-refractivity contribution in [2.45, 2.75) is 6.54 Å². The predicted molar refractivity (Wildman–Crippen MR) is 64.0 cm³/mol. The van der Waals surface area contributed by atoms with Crippen LogP contribution in [0.4, 0.5) is 4.39 Å². The molecule has 88 valence electrons. The van der Waals surface area contributed by atoms with E-state index in [1.165, 1.54) is 6.07 Å². The first-order chi connectivity index (χ1) is 8.33. The highest BCUT2D eigenvalue weighted by molar-refractivity contribution is 5.62. The van der Waals surface area contributed by atoms with Crippen molar-refractivity contribution >= 4 is 0 Å². The van der Waals surface area contributed by atoms with Gasteiger partial charge in [-0.25, -0.2) is 4.39 Å². The fraction of sp³-hybridized carbons (Fsp3) is 0.308. The fourth-order valence-corrected chi connectivity index (χ4v) is 2.04. The van der Waals surface area contributed by atoms with E-state index < -0.39 is 0 Å². The third-order valence-corrected chi connectivity index (χ3v) is 3.13. The van der Waals surface area contributed by atoms with Gasteiger partial charge in [-0.05, 0) is 6.07 Å². The molecule has 0 radical (unpaired) electrons. The van der Waals surface area contributed by atoms with Gasteiger partial charge in [-0.1, -0.05) is 18.2 Å². The van der Waals surface area contributed by atoms with Crippen molar-refractivity contribution in [2.24, 2.45) is 5.92 Å². The zero-order valence-corrected chi connectivity index (χ0v) is 9.44. The molecular weight excluding hydrogens is 217 g/mol. The van der Waals surface area contributed by atoms with Gasteiger partial charge in [0.2, 0.25) is 0 Å². The Balaban J connectivity index is 1.82. The molecule has 17 heavy (non-hydrogen) atoms. The van der Waals surface area contributed by atoms with Crippen molar-refractivity contribution in [1.29, 1.82) is 0 Å². The van der Waals surface area contributed by atoms with Crippen molar-refractivity contribution in [3.8, 4) is 11.1 Å². The van der Waals surface area contributed by atoms with E-state index in [9.17, 15) is 4.39 Å². The highest BCUT2D eigenvalue weighted by Gasteiger charge is 2.17. The van der Waals surface area contributed by atoms with Crippen LogP contribution in [0.5, 0.6) is 0 Å². The third kappa shape index (κ3) is 2.08. The van der Waals surface area contributed by atoms with Gasteiger partial charge in [0.1, 0.15) is 5.82 Å². The topological polar surface area (TPSA) is 29.9 Å². The van der Waals surface area contributed by atoms with Gasteiger partial charge >= 0.3 is 0 Å². The van der Waals surface area contributed by atoms with E-state index in [0.29, 0.717) is 11.5 Å². The van der Waals surface area contributed by atoms with E-state index in [4.69, 9.17) is 0 Å². The molecule has 1 aliphatic heterocycles. The number of hydrogen-bond donors (Lipinski definition) is 1. The lowest BCUT2D eigenvalue weighted by molar-refractivity contribution is 0.295. The van der Waals surface area contributed by atoms with E-state index in [0.717, 1.165) is 25.2 Å². The Morgan fingerprint density at radius 1 is 1.35 bits per heavy atom. The summed E-state index contributed by atoms with van der Waals surface area (Å²) in [5.41, 5.74) is 1.46. The minimum absolute atomic E-state index is 0.197. The van der Waals surface area contributed by atoms with Crippen molar-refractivity contribution < 1.29 is 4.39 Å². The minimum Gasteiger partial charge on any atom is -0.316 e. The highest BCUT2D eigenvalue weighted by atomic mass is 19.1. The quantitative estimate of drug-likeness (QED) is 0.874. The number of benzene rings is 1. The maximum absolute atomic E-state index is 13.6. The van der Waals surface area contributed by atoms with Gasteiger partial charge in [-0.3, -0.25) is 4.68 Å². The van der Waals surface area contributed by atoms with Crippen molar-refractivity contribution in [2.75, 3.05) is 13.1 Å². The van der Waals surface area contributed by atoms with Crippen LogP contribution in [0.2, 0.25) is 0 Å². The van der Waals surface area contributed by atoms with Crippen LogP contribution in [0.3, 0.4) is 0 Å². The van der Waals surface area contributed by atoms with E-state index in [-0.39, 0.29) is 5.82 Å². The molecule has 0 saturated carbocycles. The Hall–Kier alpha value is -1.68. The molecule has 3 rings (SSSR count). The van der Waals surface area contributed by atoms with Gasteiger partial charge < -0.3 is 5.32 Å². The van der Waals surface area contributed by atoms with Crippen LogP contribution in [-0.4, -0.2) is 22.9 Å². The Morgan fingerprint density at radius 2 is 2.18 bits per heavy atom. The lowest BCUT2D eigenvalue weighted by atomic mass is 10.0. The first-order valence-corrected chi connectivity index (χ1v) is 5.81. The number of nitrogens with zero attached hydrogens (tertiary/aromatic N) is 2. The molecule has 0 spiro atoms. The Kier molecular flexibility index (Phi) is 2.65. The second-order valence-corrected chi connectivity index (χ2v) is 4.46. The zero-order chi connectivity index (χ0) is 11.7. The summed E-state index contributed by atoms with van der Waals surface area (Å²) >= 11 is 0. The molecule has 3 nitrogen and oxygen atoms in total. The van der Waals surface area contributed by atoms with Crippen LogP contribution >= 0.6 is 0 Å². The summed E-state index contributed by atoms with van der Waals surface area (Å²) in [6.07, 6.45) is 3.64. The molecule has 2 heterocycles. The lowest BCUT2D eigenvalue weighted by Gasteiger charge is -2.26. The first-order valence-electron chi connectivity index (χ1n) is 5.81. The smallest absolute Gasteiger partial charge is 0.131 e. The summed E-state index contributed by atoms with van der Waals surface area (Å²) in [6.45, 7) is 3.01. The largest absolute Gasteiger partial charge is 0.316 e. The Morgan fingerprint density at radius 3 is 2.88 bits per heavy atom. The van der Waals surface area contributed by atoms with Crippen LogP contribution in [0, 0.1) is 11.7 Å². The molecular formula is C13H14FN3. The molecule has 4 heteroatoms. The Labute approximate surface area is 99.3 Å². The standard InChI is InChI=1S/C13H14FN3/c14-13-4-2-1-3-12(13)11-7-16-17(9-11)8-10-5-15-6-10/h1-4,7,9-10,15H,5-6,8H2. The fourth-order valence-electron chi connectivity index (χ4n) is 2.04. The molecule has 1 saturated heterocycles. The number of rotatable bonds is 3. The average Bonchev–Trinajstić information content (AvgIpc) is 2.73. The molecule has 0 bridgehead atoms. The van der Waals surface area contributed by atoms with Crippen LogP contribution in [0.1, 0.15) is 0 Å². The Bertz CT molecular complexity index is 517. The van der Waals surface area contributed by atoms with Crippen LogP contribution in [0.25, 0.3) is 11.1 Å². The van der Waals surface area contributed by atoms with E-state index in [1.807, 2.05) is 16.9 Å².